The van der Waals surface area contributed by atoms with Crippen molar-refractivity contribution in [3.05, 3.63) is 71.3 Å². The Morgan fingerprint density at radius 2 is 2.40 bits per heavy atom. The molecule has 0 aromatic rings. The van der Waals surface area contributed by atoms with E-state index >= 15 is 0 Å². The maximum Gasteiger partial charge on any atom is 0.142 e. The van der Waals surface area contributed by atoms with Gasteiger partial charge in [-0.15, -0.1) is 0 Å². The third kappa shape index (κ3) is 1.35. The summed E-state index contributed by atoms with van der Waals surface area (Å²) in [5.41, 5.74) is 3.05. The second kappa shape index (κ2) is 3.91. The molecule has 0 bridgehead atoms. The molecule has 20 heavy (non-hydrogen) atoms. The first kappa shape index (κ1) is 11.2. The highest BCUT2D eigenvalue weighted by Crippen LogP contribution is 2.48. The average Bonchev–Trinajstić information content (AvgIpc) is 2.87. The minimum Gasteiger partial charge on any atom is -0.489 e. The molecule has 0 spiro atoms. The van der Waals surface area contributed by atoms with Crippen molar-refractivity contribution in [1.82, 2.24) is 0 Å². The van der Waals surface area contributed by atoms with Gasteiger partial charge < -0.3 is 4.74 Å². The summed E-state index contributed by atoms with van der Waals surface area (Å²) in [6, 6.07) is 2.50. The Labute approximate surface area is 116 Å². The van der Waals surface area contributed by atoms with E-state index in [0.717, 1.165) is 22.4 Å². The molecule has 2 heterocycles. The van der Waals surface area contributed by atoms with Gasteiger partial charge in [-0.2, -0.15) is 15.5 Å². The normalized spacial score (nSPS) is 32.5. The largest absolute Gasteiger partial charge is 0.489 e. The maximum atomic E-state index is 9.84. The van der Waals surface area contributed by atoms with Crippen LogP contribution in [-0.2, 0) is 4.74 Å². The number of hydrogen-bond donors (Lipinski definition) is 0. The lowest BCUT2D eigenvalue weighted by atomic mass is 9.67. The molecule has 2 aliphatic carbocycles. The summed E-state index contributed by atoms with van der Waals surface area (Å²) in [5.74, 6) is 0. The quantitative estimate of drug-likeness (QED) is 0.670. The van der Waals surface area contributed by atoms with Gasteiger partial charge in [-0.3, -0.25) is 0 Å². The zero-order valence-electron chi connectivity index (χ0n) is 10.7. The van der Waals surface area contributed by atoms with Gasteiger partial charge >= 0.3 is 0 Å². The SMILES string of the molecule is N#CC12CC=CC=C1C=COC1C=C3N=NC=C3C=C12. The van der Waals surface area contributed by atoms with Crippen LogP contribution in [0.5, 0.6) is 0 Å². The highest BCUT2D eigenvalue weighted by Gasteiger charge is 2.44. The molecule has 0 saturated heterocycles. The second-order valence-electron chi connectivity index (χ2n) is 5.08. The zero-order chi connectivity index (χ0) is 13.6. The van der Waals surface area contributed by atoms with Crippen LogP contribution in [0.25, 0.3) is 0 Å². The lowest BCUT2D eigenvalue weighted by Crippen LogP contribution is -2.31. The number of allylic oxidation sites excluding steroid dienone is 6. The Morgan fingerprint density at radius 3 is 3.30 bits per heavy atom. The smallest absolute Gasteiger partial charge is 0.142 e. The Kier molecular flexibility index (Phi) is 2.19. The van der Waals surface area contributed by atoms with Crippen LogP contribution in [0.2, 0.25) is 0 Å². The van der Waals surface area contributed by atoms with Crippen LogP contribution in [0, 0.1) is 16.7 Å². The molecule has 96 valence electrons. The van der Waals surface area contributed by atoms with Gasteiger partial charge in [-0.1, -0.05) is 18.2 Å². The third-order valence-electron chi connectivity index (χ3n) is 4.07. The summed E-state index contributed by atoms with van der Waals surface area (Å²) in [4.78, 5) is 0. The van der Waals surface area contributed by atoms with Gasteiger partial charge in [0.05, 0.1) is 24.2 Å². The van der Waals surface area contributed by atoms with Gasteiger partial charge in [0.25, 0.3) is 0 Å². The van der Waals surface area contributed by atoms with E-state index in [9.17, 15) is 5.26 Å². The molecule has 2 unspecified atom stereocenters. The van der Waals surface area contributed by atoms with Gasteiger partial charge in [-0.25, -0.2) is 0 Å². The van der Waals surface area contributed by atoms with Crippen molar-refractivity contribution >= 4 is 0 Å². The average molecular weight is 261 g/mol. The summed E-state index contributed by atoms with van der Waals surface area (Å²) < 4.78 is 5.76. The molecule has 2 aliphatic heterocycles. The van der Waals surface area contributed by atoms with Gasteiger partial charge in [0.15, 0.2) is 0 Å². The Hall–Kier alpha value is -2.67. The molecule has 4 nitrogen and oxygen atoms in total. The van der Waals surface area contributed by atoms with E-state index < -0.39 is 5.41 Å². The molecular weight excluding hydrogens is 250 g/mol. The molecule has 4 heteroatoms. The van der Waals surface area contributed by atoms with E-state index in [1.54, 1.807) is 12.5 Å². The fraction of sp³-hybridized carbons (Fsp3) is 0.188. The number of nitriles is 1. The van der Waals surface area contributed by atoms with Gasteiger partial charge in [-0.05, 0) is 35.8 Å². The molecule has 0 N–H and O–H groups in total. The van der Waals surface area contributed by atoms with Crippen LogP contribution in [0.1, 0.15) is 6.42 Å². The molecule has 0 radical (unpaired) electrons. The minimum absolute atomic E-state index is 0.257. The molecule has 0 aromatic carbocycles. The van der Waals surface area contributed by atoms with Crippen LogP contribution >= 0.6 is 0 Å². The van der Waals surface area contributed by atoms with Crippen molar-refractivity contribution in [2.75, 3.05) is 0 Å². The predicted molar refractivity (Wildman–Crippen MR) is 73.0 cm³/mol. The maximum absolute atomic E-state index is 9.84. The van der Waals surface area contributed by atoms with Crippen molar-refractivity contribution in [2.45, 2.75) is 12.5 Å². The van der Waals surface area contributed by atoms with Crippen LogP contribution in [0.15, 0.2) is 81.6 Å². The first-order valence-electron chi connectivity index (χ1n) is 6.49. The first-order chi connectivity index (χ1) is 9.83. The summed E-state index contributed by atoms with van der Waals surface area (Å²) in [6.07, 6.45) is 15.6. The minimum atomic E-state index is -0.655. The Balaban J connectivity index is 1.92. The van der Waals surface area contributed by atoms with E-state index in [-0.39, 0.29) is 6.10 Å². The molecule has 0 saturated carbocycles. The Bertz CT molecular complexity index is 740. The fourth-order valence-electron chi connectivity index (χ4n) is 3.01. The monoisotopic (exact) mass is 261 g/mol. The van der Waals surface area contributed by atoms with Crippen LogP contribution in [0.4, 0.5) is 0 Å². The van der Waals surface area contributed by atoms with Crippen molar-refractivity contribution in [3.63, 3.8) is 0 Å². The van der Waals surface area contributed by atoms with E-state index in [4.69, 9.17) is 4.74 Å². The third-order valence-corrected chi connectivity index (χ3v) is 4.07. The van der Waals surface area contributed by atoms with Crippen molar-refractivity contribution in [2.24, 2.45) is 15.6 Å². The molecule has 4 rings (SSSR count). The molecular formula is C16H11N3O. The number of fused-ring (bicyclic) bond motifs is 4. The predicted octanol–water partition coefficient (Wildman–Crippen LogP) is 3.47. The highest BCUT2D eigenvalue weighted by molar-refractivity contribution is 5.58. The number of nitrogens with zero attached hydrogens (tertiary/aromatic N) is 3. The van der Waals surface area contributed by atoms with Gasteiger partial charge in [0.1, 0.15) is 11.5 Å². The highest BCUT2D eigenvalue weighted by atomic mass is 16.5. The van der Waals surface area contributed by atoms with Gasteiger partial charge in [0.2, 0.25) is 0 Å². The lowest BCUT2D eigenvalue weighted by Gasteiger charge is -2.34. The second-order valence-corrected chi connectivity index (χ2v) is 5.08. The molecule has 0 fully saturated rings. The fourth-order valence-corrected chi connectivity index (χ4v) is 3.01. The molecule has 4 aliphatic rings. The lowest BCUT2D eigenvalue weighted by molar-refractivity contribution is 0.205. The molecule has 2 atom stereocenters. The number of ether oxygens (including phenoxy) is 1. The topological polar surface area (TPSA) is 57.7 Å². The van der Waals surface area contributed by atoms with Crippen LogP contribution in [0.3, 0.4) is 0 Å². The van der Waals surface area contributed by atoms with Crippen LogP contribution < -0.4 is 0 Å². The number of hydrogen-bond acceptors (Lipinski definition) is 4. The van der Waals surface area contributed by atoms with Crippen molar-refractivity contribution < 1.29 is 4.74 Å². The van der Waals surface area contributed by atoms with E-state index in [1.807, 2.05) is 36.5 Å². The summed E-state index contributed by atoms with van der Waals surface area (Å²) >= 11 is 0. The first-order valence-corrected chi connectivity index (χ1v) is 6.49. The van der Waals surface area contributed by atoms with E-state index in [1.165, 1.54) is 0 Å². The molecule has 0 aromatic heterocycles. The Morgan fingerprint density at radius 1 is 1.45 bits per heavy atom. The summed E-state index contributed by atoms with van der Waals surface area (Å²) in [5, 5.41) is 17.8. The van der Waals surface area contributed by atoms with E-state index in [2.05, 4.69) is 16.3 Å². The van der Waals surface area contributed by atoms with E-state index in [0.29, 0.717) is 6.42 Å². The van der Waals surface area contributed by atoms with Crippen molar-refractivity contribution in [1.29, 1.82) is 5.26 Å². The molecule has 0 amide bonds. The number of azo groups is 1. The van der Waals surface area contributed by atoms with Crippen LogP contribution in [-0.4, -0.2) is 6.10 Å². The van der Waals surface area contributed by atoms with Crippen molar-refractivity contribution in [3.8, 4) is 6.07 Å². The van der Waals surface area contributed by atoms with Gasteiger partial charge in [0, 0.05) is 5.57 Å². The zero-order valence-corrected chi connectivity index (χ0v) is 10.7. The summed E-state index contributed by atoms with van der Waals surface area (Å²) in [7, 11) is 0. The summed E-state index contributed by atoms with van der Waals surface area (Å²) in [6.45, 7) is 0. The number of rotatable bonds is 0. The standard InChI is InChI=1S/C16H11N3O/c17-10-16-5-2-1-3-12(16)4-6-20-15-8-14-11(7-13(15)16)9-18-19-14/h1-4,6-9,15H,5H2.